The van der Waals surface area contributed by atoms with E-state index in [2.05, 4.69) is 30.4 Å². The molecule has 0 aliphatic heterocycles. The summed E-state index contributed by atoms with van der Waals surface area (Å²) in [4.78, 5) is 14.1. The molecule has 0 saturated heterocycles. The fourth-order valence-corrected chi connectivity index (χ4v) is 1.89. The largest absolute Gasteiger partial charge is 0.573 e. The number of nitrogens with zero attached hydrogens (tertiary/aromatic N) is 1. The van der Waals surface area contributed by atoms with E-state index in [1.165, 1.54) is 0 Å². The third-order valence-corrected chi connectivity index (χ3v) is 2.89. The Bertz CT molecular complexity index is 558. The van der Waals surface area contributed by atoms with Gasteiger partial charge in [-0.2, -0.15) is 13.2 Å². The van der Waals surface area contributed by atoms with Crippen molar-refractivity contribution < 1.29 is 40.6 Å². The molecule has 0 bridgehead atoms. The van der Waals surface area contributed by atoms with Gasteiger partial charge >= 0.3 is 18.5 Å². The van der Waals surface area contributed by atoms with Crippen LogP contribution in [-0.2, 0) is 27.5 Å². The zero-order valence-corrected chi connectivity index (χ0v) is 12.4. The summed E-state index contributed by atoms with van der Waals surface area (Å²) in [6.07, 6.45) is -11.1. The van der Waals surface area contributed by atoms with Crippen LogP contribution in [0, 0.1) is 0 Å². The Hall–Kier alpha value is -1.52. The molecule has 124 valence electrons. The summed E-state index contributed by atoms with van der Waals surface area (Å²) in [6, 6.07) is 0.905. The molecule has 4 nitrogen and oxygen atoms in total. The summed E-state index contributed by atoms with van der Waals surface area (Å²) in [6.45, 7) is 0. The van der Waals surface area contributed by atoms with Gasteiger partial charge in [0, 0.05) is 10.9 Å². The van der Waals surface area contributed by atoms with Crippen molar-refractivity contribution in [3.8, 4) is 5.75 Å². The Morgan fingerprint density at radius 1 is 1.27 bits per heavy atom. The normalized spacial score (nSPS) is 12.2. The average Bonchev–Trinajstić information content (AvgIpc) is 2.36. The molecular formula is C11H8BrF6NO3. The molecule has 0 spiro atoms. The maximum Gasteiger partial charge on any atom is 0.573 e. The number of esters is 1. The molecule has 1 heterocycles. The molecule has 0 N–H and O–H groups in total. The van der Waals surface area contributed by atoms with Crippen molar-refractivity contribution in [3.63, 3.8) is 0 Å². The summed E-state index contributed by atoms with van der Waals surface area (Å²) in [5.41, 5.74) is -2.69. The Kier molecular flexibility index (Phi) is 5.65. The van der Waals surface area contributed by atoms with E-state index in [4.69, 9.17) is 0 Å². The standard InChI is InChI=1S/C11H8BrF6NO3/c1-21-7(20)3-6-2-5(4-12)8(22-11(16,17)18)9(19-6)10(13,14)15/h2H,3-4H2,1H3. The Morgan fingerprint density at radius 2 is 1.86 bits per heavy atom. The van der Waals surface area contributed by atoms with Crippen molar-refractivity contribution in [1.29, 1.82) is 0 Å². The molecule has 0 atom stereocenters. The molecule has 1 aromatic rings. The number of rotatable bonds is 4. The first-order valence-corrected chi connectivity index (χ1v) is 6.58. The van der Waals surface area contributed by atoms with Gasteiger partial charge in [-0.3, -0.25) is 4.79 Å². The minimum atomic E-state index is -5.32. The summed E-state index contributed by atoms with van der Waals surface area (Å²) < 4.78 is 83.3. The van der Waals surface area contributed by atoms with Crippen LogP contribution < -0.4 is 4.74 Å². The second-order valence-electron chi connectivity index (χ2n) is 3.88. The number of hydrogen-bond donors (Lipinski definition) is 0. The van der Waals surface area contributed by atoms with Crippen LogP contribution in [0.15, 0.2) is 6.07 Å². The number of aromatic nitrogens is 1. The fraction of sp³-hybridized carbons (Fsp3) is 0.455. The topological polar surface area (TPSA) is 48.4 Å². The second kappa shape index (κ2) is 6.71. The van der Waals surface area contributed by atoms with Gasteiger partial charge in [-0.25, -0.2) is 4.98 Å². The monoisotopic (exact) mass is 395 g/mol. The summed E-state index contributed by atoms with van der Waals surface area (Å²) in [5.74, 6) is -2.34. The molecule has 0 saturated carbocycles. The molecule has 1 aromatic heterocycles. The number of halogens is 7. The minimum Gasteiger partial charge on any atom is -0.469 e. The van der Waals surface area contributed by atoms with E-state index in [1.54, 1.807) is 0 Å². The Labute approximate surface area is 128 Å². The van der Waals surface area contributed by atoms with E-state index in [0.29, 0.717) is 0 Å². The first-order valence-electron chi connectivity index (χ1n) is 5.46. The van der Waals surface area contributed by atoms with Gasteiger partial charge in [-0.05, 0) is 6.07 Å². The Balaban J connectivity index is 3.44. The summed E-state index contributed by atoms with van der Waals surface area (Å²) in [5, 5.41) is -0.363. The van der Waals surface area contributed by atoms with Crippen LogP contribution in [-0.4, -0.2) is 24.4 Å². The second-order valence-corrected chi connectivity index (χ2v) is 4.44. The number of methoxy groups -OCH3 is 1. The molecule has 0 radical (unpaired) electrons. The number of ether oxygens (including phenoxy) is 2. The molecule has 0 aliphatic rings. The van der Waals surface area contributed by atoms with Gasteiger partial charge in [-0.1, -0.05) is 15.9 Å². The van der Waals surface area contributed by atoms with E-state index in [9.17, 15) is 31.1 Å². The van der Waals surface area contributed by atoms with Crippen LogP contribution >= 0.6 is 15.9 Å². The SMILES string of the molecule is COC(=O)Cc1cc(CBr)c(OC(F)(F)F)c(C(F)(F)F)n1. The van der Waals surface area contributed by atoms with Crippen molar-refractivity contribution in [1.82, 2.24) is 4.98 Å². The highest BCUT2D eigenvalue weighted by Gasteiger charge is 2.42. The van der Waals surface area contributed by atoms with Gasteiger partial charge in [0.1, 0.15) is 0 Å². The average molecular weight is 396 g/mol. The van der Waals surface area contributed by atoms with Crippen LogP contribution in [0.1, 0.15) is 17.0 Å². The molecule has 0 fully saturated rings. The summed E-state index contributed by atoms with van der Waals surface area (Å²) in [7, 11) is 1.01. The van der Waals surface area contributed by atoms with Crippen LogP contribution in [0.2, 0.25) is 0 Å². The van der Waals surface area contributed by atoms with E-state index >= 15 is 0 Å². The highest BCUT2D eigenvalue weighted by Crippen LogP contribution is 2.40. The van der Waals surface area contributed by atoms with Crippen LogP contribution in [0.25, 0.3) is 0 Å². The van der Waals surface area contributed by atoms with Gasteiger partial charge < -0.3 is 9.47 Å². The van der Waals surface area contributed by atoms with Crippen LogP contribution in [0.3, 0.4) is 0 Å². The third kappa shape index (κ3) is 5.04. The molecule has 0 aliphatic carbocycles. The van der Waals surface area contributed by atoms with E-state index in [-0.39, 0.29) is 11.0 Å². The molecule has 1 rings (SSSR count). The fourth-order valence-electron chi connectivity index (χ4n) is 1.48. The van der Waals surface area contributed by atoms with E-state index in [0.717, 1.165) is 13.2 Å². The van der Waals surface area contributed by atoms with Crippen molar-refractivity contribution in [2.75, 3.05) is 7.11 Å². The lowest BCUT2D eigenvalue weighted by molar-refractivity contribution is -0.276. The number of pyridine rings is 1. The third-order valence-electron chi connectivity index (χ3n) is 2.29. The van der Waals surface area contributed by atoms with Gasteiger partial charge in [0.25, 0.3) is 0 Å². The van der Waals surface area contributed by atoms with Crippen LogP contribution in [0.5, 0.6) is 5.75 Å². The lowest BCUT2D eigenvalue weighted by Crippen LogP contribution is -2.23. The quantitative estimate of drug-likeness (QED) is 0.444. The molecule has 0 amide bonds. The van der Waals surface area contributed by atoms with Gasteiger partial charge in [0.2, 0.25) is 0 Å². The lowest BCUT2D eigenvalue weighted by atomic mass is 10.1. The van der Waals surface area contributed by atoms with E-state index in [1.807, 2.05) is 0 Å². The number of carbonyl (C=O) groups is 1. The van der Waals surface area contributed by atoms with Gasteiger partial charge in [0.15, 0.2) is 11.4 Å². The van der Waals surface area contributed by atoms with Crippen molar-refractivity contribution >= 4 is 21.9 Å². The first kappa shape index (κ1) is 18.5. The lowest BCUT2D eigenvalue weighted by Gasteiger charge is -2.18. The first-order chi connectivity index (χ1) is 9.97. The smallest absolute Gasteiger partial charge is 0.469 e. The van der Waals surface area contributed by atoms with Crippen molar-refractivity contribution in [2.24, 2.45) is 0 Å². The molecule has 0 unspecified atom stereocenters. The van der Waals surface area contributed by atoms with Crippen molar-refractivity contribution in [2.45, 2.75) is 24.3 Å². The summed E-state index contributed by atoms with van der Waals surface area (Å²) >= 11 is 2.78. The van der Waals surface area contributed by atoms with Crippen molar-refractivity contribution in [3.05, 3.63) is 23.0 Å². The maximum absolute atomic E-state index is 12.9. The molecule has 22 heavy (non-hydrogen) atoms. The van der Waals surface area contributed by atoms with Gasteiger partial charge in [0.05, 0.1) is 19.2 Å². The molecule has 11 heteroatoms. The molecular weight excluding hydrogens is 388 g/mol. The maximum atomic E-state index is 12.9. The highest BCUT2D eigenvalue weighted by atomic mass is 79.9. The minimum absolute atomic E-state index is 0.363. The predicted octanol–water partition coefficient (Wildman–Crippen LogP) is 3.61. The zero-order valence-electron chi connectivity index (χ0n) is 10.8. The molecule has 0 aromatic carbocycles. The van der Waals surface area contributed by atoms with Gasteiger partial charge in [-0.15, -0.1) is 13.2 Å². The van der Waals surface area contributed by atoms with E-state index < -0.39 is 41.9 Å². The number of hydrogen-bond acceptors (Lipinski definition) is 4. The predicted molar refractivity (Wildman–Crippen MR) is 64.3 cm³/mol. The Morgan fingerprint density at radius 3 is 2.27 bits per heavy atom. The number of carbonyl (C=O) groups excluding carboxylic acids is 1. The zero-order chi connectivity index (χ0) is 17.1. The highest BCUT2D eigenvalue weighted by molar-refractivity contribution is 9.08. The number of alkyl halides is 7. The van der Waals surface area contributed by atoms with Crippen LogP contribution in [0.4, 0.5) is 26.3 Å².